The minimum absolute atomic E-state index is 0.713. The molecule has 2 nitrogen and oxygen atoms in total. The molecule has 0 amide bonds. The van der Waals surface area contributed by atoms with E-state index in [-0.39, 0.29) is 0 Å². The zero-order valence-electron chi connectivity index (χ0n) is 11.3. The smallest absolute Gasteiger partial charge is 0.151 e. The lowest BCUT2D eigenvalue weighted by Crippen LogP contribution is -1.90. The van der Waals surface area contributed by atoms with Crippen molar-refractivity contribution >= 4 is 34.2 Å². The second-order valence-corrected chi connectivity index (χ2v) is 6.59. The van der Waals surface area contributed by atoms with E-state index in [4.69, 9.17) is 0 Å². The van der Waals surface area contributed by atoms with Crippen molar-refractivity contribution in [1.29, 1.82) is 0 Å². The summed E-state index contributed by atoms with van der Waals surface area (Å²) in [5.41, 5.74) is 3.35. The van der Waals surface area contributed by atoms with Gasteiger partial charge in [-0.05, 0) is 37.1 Å². The summed E-state index contributed by atoms with van der Waals surface area (Å²) < 4.78 is 0. The number of aldehydes is 2. The molecule has 0 heterocycles. The molecule has 0 aliphatic rings. The van der Waals surface area contributed by atoms with Crippen molar-refractivity contribution in [2.24, 2.45) is 0 Å². The van der Waals surface area contributed by atoms with Crippen LogP contribution in [0.3, 0.4) is 0 Å². The molecule has 102 valence electrons. The molecule has 0 fully saturated rings. The zero-order valence-corrected chi connectivity index (χ0v) is 12.9. The average Bonchev–Trinajstić information content (AvgIpc) is 2.45. The molecule has 0 atom stereocenters. The largest absolute Gasteiger partial charge is 0.298 e. The molecular formula is C16H14O2S2. The Balaban J connectivity index is 2.26. The SMILES string of the molecule is Cc1cccc(SSc2cccc(C)c2C=O)c1C=O. The van der Waals surface area contributed by atoms with Gasteiger partial charge in [0, 0.05) is 20.9 Å². The van der Waals surface area contributed by atoms with E-state index in [0.717, 1.165) is 33.5 Å². The normalized spacial score (nSPS) is 10.3. The Labute approximate surface area is 126 Å². The number of hydrogen-bond donors (Lipinski definition) is 0. The maximum absolute atomic E-state index is 11.2. The van der Waals surface area contributed by atoms with Crippen molar-refractivity contribution in [3.8, 4) is 0 Å². The first kappa shape index (κ1) is 14.9. The molecule has 0 saturated carbocycles. The molecule has 0 unspecified atom stereocenters. The highest BCUT2D eigenvalue weighted by molar-refractivity contribution is 8.76. The van der Waals surface area contributed by atoms with Gasteiger partial charge in [0.2, 0.25) is 0 Å². The number of aryl methyl sites for hydroxylation is 2. The van der Waals surface area contributed by atoms with Crippen LogP contribution in [-0.2, 0) is 0 Å². The summed E-state index contributed by atoms with van der Waals surface area (Å²) >= 11 is 0. The summed E-state index contributed by atoms with van der Waals surface area (Å²) in [7, 11) is 3.01. The predicted octanol–water partition coefficient (Wildman–Crippen LogP) is 4.73. The van der Waals surface area contributed by atoms with Crippen molar-refractivity contribution in [3.05, 3.63) is 58.7 Å². The number of carbonyl (C=O) groups is 2. The lowest BCUT2D eigenvalue weighted by Gasteiger charge is -2.09. The number of carbonyl (C=O) groups excluding carboxylic acids is 2. The van der Waals surface area contributed by atoms with Crippen LogP contribution in [0.1, 0.15) is 31.8 Å². The maximum Gasteiger partial charge on any atom is 0.151 e. The third-order valence-corrected chi connectivity index (χ3v) is 5.51. The van der Waals surface area contributed by atoms with Gasteiger partial charge in [0.05, 0.1) is 0 Å². The van der Waals surface area contributed by atoms with E-state index in [9.17, 15) is 9.59 Å². The van der Waals surface area contributed by atoms with Crippen LogP contribution in [0.15, 0.2) is 46.2 Å². The molecule has 0 radical (unpaired) electrons. The van der Waals surface area contributed by atoms with Gasteiger partial charge in [-0.1, -0.05) is 45.9 Å². The Hall–Kier alpha value is -1.52. The highest BCUT2D eigenvalue weighted by Crippen LogP contribution is 2.40. The molecule has 0 aliphatic heterocycles. The summed E-state index contributed by atoms with van der Waals surface area (Å²) in [6.45, 7) is 3.84. The molecule has 2 rings (SSSR count). The first-order valence-electron chi connectivity index (χ1n) is 6.11. The average molecular weight is 302 g/mol. The lowest BCUT2D eigenvalue weighted by atomic mass is 10.1. The van der Waals surface area contributed by atoms with Gasteiger partial charge in [-0.15, -0.1) is 0 Å². The van der Waals surface area contributed by atoms with E-state index in [1.54, 1.807) is 0 Å². The summed E-state index contributed by atoms with van der Waals surface area (Å²) in [6.07, 6.45) is 1.77. The number of benzene rings is 2. The number of rotatable bonds is 5. The van der Waals surface area contributed by atoms with Gasteiger partial charge in [-0.2, -0.15) is 0 Å². The van der Waals surface area contributed by atoms with Crippen molar-refractivity contribution in [1.82, 2.24) is 0 Å². The van der Waals surface area contributed by atoms with Crippen LogP contribution in [0.2, 0.25) is 0 Å². The van der Waals surface area contributed by atoms with E-state index in [1.807, 2.05) is 50.2 Å². The second-order valence-electron chi connectivity index (χ2n) is 4.38. The van der Waals surface area contributed by atoms with Crippen molar-refractivity contribution in [2.45, 2.75) is 23.6 Å². The molecule has 0 bridgehead atoms. The molecule has 4 heteroatoms. The zero-order chi connectivity index (χ0) is 14.5. The summed E-state index contributed by atoms with van der Waals surface area (Å²) in [4.78, 5) is 24.2. The van der Waals surface area contributed by atoms with E-state index in [1.165, 1.54) is 21.6 Å². The third kappa shape index (κ3) is 3.14. The molecule has 0 saturated heterocycles. The third-order valence-electron chi connectivity index (χ3n) is 3.03. The van der Waals surface area contributed by atoms with Crippen LogP contribution < -0.4 is 0 Å². The lowest BCUT2D eigenvalue weighted by molar-refractivity contribution is 0.111. The van der Waals surface area contributed by atoms with Crippen LogP contribution in [-0.4, -0.2) is 12.6 Å². The van der Waals surface area contributed by atoms with Gasteiger partial charge in [0.15, 0.2) is 12.6 Å². The fourth-order valence-electron chi connectivity index (χ4n) is 1.84. The highest BCUT2D eigenvalue weighted by Gasteiger charge is 2.09. The Bertz CT molecular complexity index is 593. The second kappa shape index (κ2) is 6.77. The minimum Gasteiger partial charge on any atom is -0.298 e. The van der Waals surface area contributed by atoms with Gasteiger partial charge >= 0.3 is 0 Å². The first-order chi connectivity index (χ1) is 9.67. The Morgan fingerprint density at radius 1 is 0.750 bits per heavy atom. The molecular weight excluding hydrogens is 288 g/mol. The number of hydrogen-bond acceptors (Lipinski definition) is 4. The van der Waals surface area contributed by atoms with Gasteiger partial charge in [0.1, 0.15) is 0 Å². The summed E-state index contributed by atoms with van der Waals surface area (Å²) in [5.74, 6) is 0. The predicted molar refractivity (Wildman–Crippen MR) is 84.8 cm³/mol. The Kier molecular flexibility index (Phi) is 5.04. The molecule has 0 aromatic heterocycles. The van der Waals surface area contributed by atoms with Crippen LogP contribution in [0, 0.1) is 13.8 Å². The maximum atomic E-state index is 11.2. The molecule has 20 heavy (non-hydrogen) atoms. The van der Waals surface area contributed by atoms with E-state index < -0.39 is 0 Å². The standard InChI is InChI=1S/C16H14O2S2/c1-11-5-3-7-15(13(11)9-17)19-20-16-8-4-6-12(2)14(16)10-18/h3-10H,1-2H3. The van der Waals surface area contributed by atoms with Crippen LogP contribution in [0.5, 0.6) is 0 Å². The van der Waals surface area contributed by atoms with E-state index in [0.29, 0.717) is 11.1 Å². The van der Waals surface area contributed by atoms with Crippen LogP contribution in [0.4, 0.5) is 0 Å². The summed E-state index contributed by atoms with van der Waals surface area (Å²) in [5, 5.41) is 0. The Morgan fingerprint density at radius 2 is 1.15 bits per heavy atom. The van der Waals surface area contributed by atoms with Gasteiger partial charge in [0.25, 0.3) is 0 Å². The fourth-order valence-corrected chi connectivity index (χ4v) is 4.30. The molecule has 0 spiro atoms. The van der Waals surface area contributed by atoms with Gasteiger partial charge < -0.3 is 0 Å². The molecule has 0 aliphatic carbocycles. The van der Waals surface area contributed by atoms with Crippen LogP contribution >= 0.6 is 21.6 Å². The quantitative estimate of drug-likeness (QED) is 0.591. The topological polar surface area (TPSA) is 34.1 Å². The Morgan fingerprint density at radius 3 is 1.50 bits per heavy atom. The van der Waals surface area contributed by atoms with E-state index in [2.05, 4.69) is 0 Å². The van der Waals surface area contributed by atoms with Crippen molar-refractivity contribution in [3.63, 3.8) is 0 Å². The molecule has 0 N–H and O–H groups in total. The molecule has 2 aromatic carbocycles. The first-order valence-corrected chi connectivity index (χ1v) is 8.26. The van der Waals surface area contributed by atoms with Crippen LogP contribution in [0.25, 0.3) is 0 Å². The fraction of sp³-hybridized carbons (Fsp3) is 0.125. The van der Waals surface area contributed by atoms with Gasteiger partial charge in [-0.3, -0.25) is 9.59 Å². The van der Waals surface area contributed by atoms with Gasteiger partial charge in [-0.25, -0.2) is 0 Å². The highest BCUT2D eigenvalue weighted by atomic mass is 33.1. The van der Waals surface area contributed by atoms with E-state index >= 15 is 0 Å². The van der Waals surface area contributed by atoms with Crippen molar-refractivity contribution < 1.29 is 9.59 Å². The molecule has 2 aromatic rings. The summed E-state index contributed by atoms with van der Waals surface area (Å²) in [6, 6.07) is 11.5. The van der Waals surface area contributed by atoms with Crippen molar-refractivity contribution in [2.75, 3.05) is 0 Å². The monoisotopic (exact) mass is 302 g/mol. The minimum atomic E-state index is 0.713.